The van der Waals surface area contributed by atoms with Crippen molar-refractivity contribution >= 4 is 24.5 Å². The van der Waals surface area contributed by atoms with Crippen LogP contribution in [0.3, 0.4) is 0 Å². The maximum absolute atomic E-state index is 10.4. The fraction of sp³-hybridized carbons (Fsp3) is 0.857. The third-order valence-electron chi connectivity index (χ3n) is 1.28. The molecule has 0 spiro atoms. The predicted octanol–water partition coefficient (Wildman–Crippen LogP) is 0.811. The quantitative estimate of drug-likeness (QED) is 0.610. The van der Waals surface area contributed by atoms with Crippen molar-refractivity contribution in [3.8, 4) is 0 Å². The lowest BCUT2D eigenvalue weighted by Crippen LogP contribution is -2.37. The highest BCUT2D eigenvalue weighted by Gasteiger charge is 2.20. The fourth-order valence-corrected chi connectivity index (χ4v) is 1.12. The predicted molar refractivity (Wildman–Crippen MR) is 63.4 cm³/mol. The number of hydrogen-bond donors (Lipinski definition) is 3. The van der Waals surface area contributed by atoms with Gasteiger partial charge in [-0.2, -0.15) is 0 Å². The van der Waals surface area contributed by atoms with Crippen molar-refractivity contribution in [2.45, 2.75) is 20.9 Å². The molecule has 94 valence electrons. The first kappa shape index (κ1) is 20.4. The summed E-state index contributed by atoms with van der Waals surface area (Å²) in [4.78, 5) is 19.6. The van der Waals surface area contributed by atoms with Gasteiger partial charge in [0.1, 0.15) is 6.04 Å². The minimum atomic E-state index is -3.25. The van der Waals surface area contributed by atoms with E-state index in [0.717, 1.165) is 0 Å². The molecule has 0 radical (unpaired) electrons. The second-order valence-corrected chi connectivity index (χ2v) is 5.07. The molecule has 15 heavy (non-hydrogen) atoms. The summed E-state index contributed by atoms with van der Waals surface area (Å²) in [5, 5.41) is 11.0. The highest BCUT2D eigenvalue weighted by atomic mass is 32.5. The Morgan fingerprint density at radius 1 is 1.60 bits per heavy atom. The van der Waals surface area contributed by atoms with Crippen LogP contribution in [0.1, 0.15) is 14.9 Å². The molecule has 0 aromatic carbocycles. The average molecular weight is 261 g/mol. The van der Waals surface area contributed by atoms with Crippen molar-refractivity contribution in [3.05, 3.63) is 0 Å². The van der Waals surface area contributed by atoms with Gasteiger partial charge in [0.2, 0.25) is 0 Å². The molecule has 0 aromatic heterocycles. The molecule has 2 atom stereocenters. The third-order valence-corrected chi connectivity index (χ3v) is 2.98. The van der Waals surface area contributed by atoms with Crippen LogP contribution in [-0.4, -0.2) is 42.8 Å². The minimum Gasteiger partial charge on any atom is -0.480 e. The molecule has 0 heterocycles. The van der Waals surface area contributed by atoms with Crippen LogP contribution in [0.4, 0.5) is 0 Å². The van der Waals surface area contributed by atoms with Crippen LogP contribution < -0.4 is 5.32 Å². The van der Waals surface area contributed by atoms with Crippen LogP contribution in [0.5, 0.6) is 0 Å². The third kappa shape index (κ3) is 8.92. The van der Waals surface area contributed by atoms with Gasteiger partial charge in [0, 0.05) is 7.11 Å². The molecule has 0 saturated heterocycles. The van der Waals surface area contributed by atoms with Crippen LogP contribution in [0.25, 0.3) is 0 Å². The van der Waals surface area contributed by atoms with Crippen molar-refractivity contribution < 1.29 is 23.8 Å². The maximum Gasteiger partial charge on any atom is 0.324 e. The summed E-state index contributed by atoms with van der Waals surface area (Å²) >= 11 is 4.50. The Balaban J connectivity index is -0.000000720. The van der Waals surface area contributed by atoms with Crippen LogP contribution in [-0.2, 0) is 25.6 Å². The number of carboxylic acids is 1. The van der Waals surface area contributed by atoms with Gasteiger partial charge in [-0.3, -0.25) is 4.79 Å². The molecule has 0 saturated carbocycles. The molecule has 0 aliphatic heterocycles. The van der Waals surface area contributed by atoms with Gasteiger partial charge in [-0.15, -0.1) is 0 Å². The first-order chi connectivity index (χ1) is 5.93. The zero-order chi connectivity index (χ0) is 10.5. The van der Waals surface area contributed by atoms with E-state index in [1.54, 1.807) is 0 Å². The second kappa shape index (κ2) is 9.21. The van der Waals surface area contributed by atoms with Crippen molar-refractivity contribution in [2.75, 3.05) is 20.8 Å². The molecular formula is C7H20NO5PS. The van der Waals surface area contributed by atoms with Gasteiger partial charge in [-0.25, -0.2) is 0 Å². The number of nitrogens with one attached hydrogen (secondary N) is 1. The lowest BCUT2D eigenvalue weighted by atomic mass is 10.3. The largest absolute Gasteiger partial charge is 0.480 e. The molecule has 0 aromatic rings. The summed E-state index contributed by atoms with van der Waals surface area (Å²) in [7, 11) is 2.67. The van der Waals surface area contributed by atoms with Gasteiger partial charge in [0.05, 0.1) is 6.61 Å². The molecule has 0 bridgehead atoms. The second-order valence-electron chi connectivity index (χ2n) is 2.13. The minimum absolute atomic E-state index is 0. The highest BCUT2D eigenvalue weighted by Crippen LogP contribution is 2.42. The van der Waals surface area contributed by atoms with Gasteiger partial charge >= 0.3 is 12.7 Å². The summed E-state index contributed by atoms with van der Waals surface area (Å²) in [5.41, 5.74) is 0. The molecule has 2 unspecified atom stereocenters. The van der Waals surface area contributed by atoms with Crippen LogP contribution in [0, 0.1) is 0 Å². The summed E-state index contributed by atoms with van der Waals surface area (Å²) in [5.74, 6) is -1.08. The van der Waals surface area contributed by atoms with Crippen molar-refractivity contribution in [1.82, 2.24) is 5.32 Å². The van der Waals surface area contributed by atoms with Gasteiger partial charge in [-0.05, 0) is 18.9 Å². The lowest BCUT2D eigenvalue weighted by molar-refractivity contribution is -0.140. The molecule has 3 N–H and O–H groups in total. The van der Waals surface area contributed by atoms with E-state index >= 15 is 0 Å². The van der Waals surface area contributed by atoms with Crippen LogP contribution >= 0.6 is 6.72 Å². The van der Waals surface area contributed by atoms with E-state index < -0.39 is 18.7 Å². The summed E-state index contributed by atoms with van der Waals surface area (Å²) in [6.45, 7) is -3.48. The Labute approximate surface area is 95.8 Å². The Hall–Kier alpha value is -0.0400. The Kier molecular flexibility index (Phi) is 12.5. The average Bonchev–Trinajstić information content (AvgIpc) is 2.05. The highest BCUT2D eigenvalue weighted by molar-refractivity contribution is 8.07. The number of rotatable bonds is 6. The van der Waals surface area contributed by atoms with E-state index in [4.69, 9.17) is 14.5 Å². The van der Waals surface area contributed by atoms with Crippen molar-refractivity contribution in [3.63, 3.8) is 0 Å². The summed E-state index contributed by atoms with van der Waals surface area (Å²) in [6, 6.07) is -0.898. The molecular weight excluding hydrogens is 241 g/mol. The van der Waals surface area contributed by atoms with Gasteiger partial charge < -0.3 is 24.4 Å². The smallest absolute Gasteiger partial charge is 0.324 e. The van der Waals surface area contributed by atoms with Gasteiger partial charge in [0.15, 0.2) is 0 Å². The Morgan fingerprint density at radius 3 is 2.33 bits per heavy atom. The number of carboxylic acid groups (broad SMARTS) is 1. The van der Waals surface area contributed by atoms with E-state index in [0.29, 0.717) is 0 Å². The Morgan fingerprint density at radius 2 is 2.07 bits per heavy atom. The molecule has 6 nitrogen and oxygen atoms in total. The first-order valence-corrected chi connectivity index (χ1v) is 5.95. The topological polar surface area (TPSA) is 88.0 Å². The van der Waals surface area contributed by atoms with Gasteiger partial charge in [0.25, 0.3) is 0 Å². The van der Waals surface area contributed by atoms with Gasteiger partial charge in [-0.1, -0.05) is 14.9 Å². The molecule has 8 heteroatoms. The normalized spacial score (nSPS) is 15.4. The van der Waals surface area contributed by atoms with E-state index in [2.05, 4.69) is 21.6 Å². The van der Waals surface area contributed by atoms with Crippen LogP contribution in [0.2, 0.25) is 0 Å². The number of aliphatic carboxylic acids is 1. The maximum atomic E-state index is 10.4. The van der Waals surface area contributed by atoms with Crippen molar-refractivity contribution in [1.29, 1.82) is 0 Å². The lowest BCUT2D eigenvalue weighted by Gasteiger charge is -2.16. The van der Waals surface area contributed by atoms with E-state index in [9.17, 15) is 4.79 Å². The van der Waals surface area contributed by atoms with E-state index in [-0.39, 0.29) is 21.5 Å². The molecule has 0 aliphatic carbocycles. The molecule has 0 aliphatic rings. The summed E-state index contributed by atoms with van der Waals surface area (Å²) < 4.78 is 9.16. The molecule has 0 fully saturated rings. The van der Waals surface area contributed by atoms with Crippen molar-refractivity contribution in [2.24, 2.45) is 0 Å². The summed E-state index contributed by atoms with van der Waals surface area (Å²) in [6.07, 6.45) is 0. The monoisotopic (exact) mass is 261 g/mol. The van der Waals surface area contributed by atoms with E-state index in [1.807, 2.05) is 0 Å². The molecule has 0 rings (SSSR count). The first-order valence-electron chi connectivity index (χ1n) is 3.36. The van der Waals surface area contributed by atoms with Crippen LogP contribution in [0.15, 0.2) is 0 Å². The van der Waals surface area contributed by atoms with E-state index in [1.165, 1.54) is 14.2 Å². The number of hydrogen-bond acceptors (Lipinski definition) is 5. The molecule has 0 amide bonds. The fourth-order valence-electron chi connectivity index (χ4n) is 0.500. The SMILES string of the molecule is C.C.CNC(COP(O)(=S)OC)C(=O)O. The Bertz CT molecular complexity index is 225. The number of likely N-dealkylation sites (N-methyl/N-ethyl adjacent to an activating group) is 1. The zero-order valence-electron chi connectivity index (χ0n) is 7.26. The zero-order valence-corrected chi connectivity index (χ0v) is 8.97. The number of carbonyl (C=O) groups is 1. The standard InChI is InChI=1S/C5H12NO5PS.2CH4/c1-6-4(5(7)8)3-11-12(9,13)10-2;;/h4,6H,3H2,1-2H3,(H,7,8)(H,9,13);2*1H4.